The number of aryl methyl sites for hydroxylation is 3. The molecule has 5 aromatic rings. The first-order chi connectivity index (χ1) is 19.6. The van der Waals surface area contributed by atoms with E-state index in [1.807, 2.05) is 73.2 Å². The summed E-state index contributed by atoms with van der Waals surface area (Å²) in [5, 5.41) is 9.23. The normalized spacial score (nSPS) is 12.0. The summed E-state index contributed by atoms with van der Waals surface area (Å²) >= 11 is 1.41. The number of hydrogen-bond donors (Lipinski definition) is 1. The number of thiazole rings is 1. The van der Waals surface area contributed by atoms with E-state index in [9.17, 15) is 18.0 Å². The number of aromatic nitrogens is 4. The van der Waals surface area contributed by atoms with E-state index < -0.39 is 12.4 Å². The standard InChI is InChI=1S/C29H25F3N6O2S/c1-18-5-4-6-19(2)25(18)38-20(3)16-41-28(38)35-27(39)33-15-21-7-9-22(10-8-21)26-34-17-37(36-26)23-11-13-24(14-12-23)40-29(30,31)32/h4-14,16-17H,15H2,1-3H3,(H,33,39)/b35-28-. The predicted molar refractivity (Wildman–Crippen MR) is 149 cm³/mol. The Labute approximate surface area is 237 Å². The number of alkyl halides is 3. The van der Waals surface area contributed by atoms with E-state index in [2.05, 4.69) is 25.1 Å². The van der Waals surface area contributed by atoms with Crippen molar-refractivity contribution < 1.29 is 22.7 Å². The van der Waals surface area contributed by atoms with Crippen LogP contribution in [0.4, 0.5) is 18.0 Å². The van der Waals surface area contributed by atoms with Crippen LogP contribution in [0.15, 0.2) is 83.4 Å². The predicted octanol–water partition coefficient (Wildman–Crippen LogP) is 6.42. The van der Waals surface area contributed by atoms with Crippen molar-refractivity contribution in [1.82, 2.24) is 24.6 Å². The van der Waals surface area contributed by atoms with Gasteiger partial charge in [0.25, 0.3) is 0 Å². The van der Waals surface area contributed by atoms with Crippen LogP contribution in [-0.2, 0) is 6.54 Å². The van der Waals surface area contributed by atoms with Crippen LogP contribution in [-0.4, -0.2) is 31.7 Å². The molecule has 0 aliphatic carbocycles. The highest BCUT2D eigenvalue weighted by molar-refractivity contribution is 7.07. The Hall–Kier alpha value is -4.71. The van der Waals surface area contributed by atoms with Crippen LogP contribution in [0.1, 0.15) is 22.4 Å². The molecule has 0 aliphatic heterocycles. The highest BCUT2D eigenvalue weighted by Crippen LogP contribution is 2.24. The van der Waals surface area contributed by atoms with E-state index in [1.54, 1.807) is 0 Å². The van der Waals surface area contributed by atoms with Crippen molar-refractivity contribution in [2.75, 3.05) is 0 Å². The lowest BCUT2D eigenvalue weighted by Crippen LogP contribution is -2.24. The third-order valence-electron chi connectivity index (χ3n) is 6.22. The first-order valence-corrected chi connectivity index (χ1v) is 13.4. The summed E-state index contributed by atoms with van der Waals surface area (Å²) in [5.41, 5.74) is 6.35. The number of urea groups is 1. The SMILES string of the molecule is Cc1cccc(C)c1-n1c(C)cs/c1=N\C(=O)NCc1ccc(-c2ncn(-c3ccc(OC(F)(F)F)cc3)n2)cc1. The van der Waals surface area contributed by atoms with Crippen molar-refractivity contribution in [2.24, 2.45) is 4.99 Å². The summed E-state index contributed by atoms with van der Waals surface area (Å²) in [6, 6.07) is 18.3. The third-order valence-corrected chi connectivity index (χ3v) is 7.17. The highest BCUT2D eigenvalue weighted by Gasteiger charge is 2.31. The average molecular weight is 579 g/mol. The van der Waals surface area contributed by atoms with Crippen LogP contribution in [0.2, 0.25) is 0 Å². The second-order valence-corrected chi connectivity index (χ2v) is 10.1. The van der Waals surface area contributed by atoms with Gasteiger partial charge in [0.05, 0.1) is 11.4 Å². The van der Waals surface area contributed by atoms with Gasteiger partial charge in [-0.3, -0.25) is 4.57 Å². The fourth-order valence-electron chi connectivity index (χ4n) is 4.30. The van der Waals surface area contributed by atoms with E-state index in [0.29, 0.717) is 16.3 Å². The van der Waals surface area contributed by atoms with Crippen molar-refractivity contribution in [1.29, 1.82) is 0 Å². The van der Waals surface area contributed by atoms with Gasteiger partial charge in [-0.25, -0.2) is 14.5 Å². The van der Waals surface area contributed by atoms with Crippen LogP contribution in [0.25, 0.3) is 22.8 Å². The number of carbonyl (C=O) groups excluding carboxylic acids is 1. The van der Waals surface area contributed by atoms with Crippen LogP contribution < -0.4 is 14.9 Å². The van der Waals surface area contributed by atoms with Gasteiger partial charge in [0, 0.05) is 23.2 Å². The van der Waals surface area contributed by atoms with Gasteiger partial charge in [-0.1, -0.05) is 42.5 Å². The average Bonchev–Trinajstić information content (AvgIpc) is 3.55. The van der Waals surface area contributed by atoms with Gasteiger partial charge in [-0.05, 0) is 61.7 Å². The van der Waals surface area contributed by atoms with E-state index in [4.69, 9.17) is 0 Å². The minimum Gasteiger partial charge on any atom is -0.406 e. The van der Waals surface area contributed by atoms with Crippen LogP contribution in [0, 0.1) is 20.8 Å². The molecule has 2 aromatic heterocycles. The van der Waals surface area contributed by atoms with Crippen LogP contribution in [0.3, 0.4) is 0 Å². The fraction of sp³-hybridized carbons (Fsp3) is 0.172. The summed E-state index contributed by atoms with van der Waals surface area (Å²) in [6.07, 6.45) is -3.28. The topological polar surface area (TPSA) is 86.3 Å². The first-order valence-electron chi connectivity index (χ1n) is 12.5. The lowest BCUT2D eigenvalue weighted by Gasteiger charge is -2.12. The van der Waals surface area contributed by atoms with E-state index in [-0.39, 0.29) is 12.3 Å². The number of para-hydroxylation sites is 1. The van der Waals surface area contributed by atoms with Gasteiger partial charge in [0.2, 0.25) is 0 Å². The molecule has 0 saturated heterocycles. The van der Waals surface area contributed by atoms with E-state index in [0.717, 1.165) is 33.6 Å². The lowest BCUT2D eigenvalue weighted by atomic mass is 10.1. The number of rotatable bonds is 6. The highest BCUT2D eigenvalue weighted by atomic mass is 32.1. The zero-order chi connectivity index (χ0) is 29.1. The van der Waals surface area contributed by atoms with Gasteiger partial charge in [0.15, 0.2) is 10.6 Å². The molecular weight excluding hydrogens is 553 g/mol. The zero-order valence-electron chi connectivity index (χ0n) is 22.3. The maximum absolute atomic E-state index is 12.7. The number of nitrogens with zero attached hydrogens (tertiary/aromatic N) is 5. The molecule has 0 bridgehead atoms. The summed E-state index contributed by atoms with van der Waals surface area (Å²) in [5.74, 6) is 0.124. The molecule has 0 saturated carbocycles. The van der Waals surface area contributed by atoms with Gasteiger partial charge < -0.3 is 10.1 Å². The quantitative estimate of drug-likeness (QED) is 0.252. The minimum atomic E-state index is -4.75. The monoisotopic (exact) mass is 578 g/mol. The molecule has 2 heterocycles. The Balaban J connectivity index is 1.24. The lowest BCUT2D eigenvalue weighted by molar-refractivity contribution is -0.274. The number of ether oxygens (including phenoxy) is 1. The Morgan fingerprint density at radius 1 is 1.00 bits per heavy atom. The Kier molecular flexibility index (Phi) is 7.75. The van der Waals surface area contributed by atoms with Crippen molar-refractivity contribution >= 4 is 17.4 Å². The first kappa shape index (κ1) is 27.8. The van der Waals surface area contributed by atoms with Gasteiger partial charge in [0.1, 0.15) is 12.1 Å². The largest absolute Gasteiger partial charge is 0.573 e. The van der Waals surface area contributed by atoms with Gasteiger partial charge >= 0.3 is 12.4 Å². The van der Waals surface area contributed by atoms with E-state index >= 15 is 0 Å². The van der Waals surface area contributed by atoms with Crippen LogP contribution in [0.5, 0.6) is 5.75 Å². The van der Waals surface area contributed by atoms with Crippen LogP contribution >= 0.6 is 11.3 Å². The van der Waals surface area contributed by atoms with E-state index in [1.165, 1.54) is 46.6 Å². The summed E-state index contributed by atoms with van der Waals surface area (Å²) < 4.78 is 44.5. The number of benzene rings is 3. The number of nitrogens with one attached hydrogen (secondary N) is 1. The number of carbonyl (C=O) groups is 1. The molecule has 12 heteroatoms. The maximum atomic E-state index is 12.7. The molecule has 0 aliphatic rings. The van der Waals surface area contributed by atoms with Crippen molar-refractivity contribution in [3.63, 3.8) is 0 Å². The molecule has 0 spiro atoms. The molecule has 0 unspecified atom stereocenters. The molecule has 41 heavy (non-hydrogen) atoms. The fourth-order valence-corrected chi connectivity index (χ4v) is 5.15. The second-order valence-electron chi connectivity index (χ2n) is 9.26. The Bertz CT molecular complexity index is 1730. The number of halogens is 3. The Morgan fingerprint density at radius 2 is 1.68 bits per heavy atom. The van der Waals surface area contributed by atoms with Crippen molar-refractivity contribution in [2.45, 2.75) is 33.7 Å². The molecule has 210 valence electrons. The number of amides is 2. The molecule has 8 nitrogen and oxygen atoms in total. The third kappa shape index (κ3) is 6.55. The molecule has 0 atom stereocenters. The van der Waals surface area contributed by atoms with Crippen molar-refractivity contribution in [3.8, 4) is 28.5 Å². The molecule has 0 fully saturated rings. The molecule has 2 amide bonds. The molecule has 5 rings (SSSR count). The molecule has 0 radical (unpaired) electrons. The summed E-state index contributed by atoms with van der Waals surface area (Å²) in [7, 11) is 0. The second kappa shape index (κ2) is 11.4. The molecule has 1 N–H and O–H groups in total. The zero-order valence-corrected chi connectivity index (χ0v) is 23.1. The number of hydrogen-bond acceptors (Lipinski definition) is 5. The van der Waals surface area contributed by atoms with Crippen molar-refractivity contribution in [3.05, 3.63) is 106 Å². The summed E-state index contributed by atoms with van der Waals surface area (Å²) in [6.45, 7) is 6.34. The summed E-state index contributed by atoms with van der Waals surface area (Å²) in [4.78, 5) is 21.9. The van der Waals surface area contributed by atoms with Gasteiger partial charge in [-0.2, -0.15) is 4.99 Å². The molecular formula is C29H25F3N6O2S. The smallest absolute Gasteiger partial charge is 0.406 e. The minimum absolute atomic E-state index is 0.282. The molecule has 3 aromatic carbocycles. The maximum Gasteiger partial charge on any atom is 0.573 e. The van der Waals surface area contributed by atoms with Gasteiger partial charge in [-0.15, -0.1) is 29.6 Å². The Morgan fingerprint density at radius 3 is 2.34 bits per heavy atom.